The number of aromatic nitrogens is 3. The van der Waals surface area contributed by atoms with Crippen molar-refractivity contribution in [2.45, 2.75) is 19.8 Å². The Labute approximate surface area is 184 Å². The van der Waals surface area contributed by atoms with E-state index in [0.717, 1.165) is 20.9 Å². The maximum absolute atomic E-state index is 12.3. The fraction of sp³-hybridized carbons (Fsp3) is 0.389. The molecular weight excluding hydrogens is 541 g/mol. The normalized spacial score (nSPS) is 14.6. The summed E-state index contributed by atoms with van der Waals surface area (Å²) < 4.78 is 6.89. The third-order valence-corrected chi connectivity index (χ3v) is 6.62. The first-order valence-corrected chi connectivity index (χ1v) is 10.7. The van der Waals surface area contributed by atoms with E-state index < -0.39 is 0 Å². The molecule has 8 nitrogen and oxygen atoms in total. The molecule has 28 heavy (non-hydrogen) atoms. The first-order valence-electron chi connectivity index (χ1n) is 8.84. The Balaban J connectivity index is 1.58. The van der Waals surface area contributed by atoms with Crippen LogP contribution < -0.4 is 10.2 Å². The van der Waals surface area contributed by atoms with Crippen LogP contribution in [0.3, 0.4) is 0 Å². The zero-order chi connectivity index (χ0) is 20.1. The standard InChI is InChI=1S/C18H19BrIN5O3/c1-2-28-18(27)11-3-5-25(6-4-11)16-10-21-14(9-23-16)17(26)24-15-7-12(19)13(20)8-22-15/h7-11H,2-6H2,1H3,(H,22,24,26). The molecule has 2 aromatic rings. The number of ether oxygens (including phenoxy) is 1. The quantitative estimate of drug-likeness (QED) is 0.443. The van der Waals surface area contributed by atoms with Crippen molar-refractivity contribution in [1.29, 1.82) is 0 Å². The summed E-state index contributed by atoms with van der Waals surface area (Å²) in [5.41, 5.74) is 0.210. The average Bonchev–Trinajstić information content (AvgIpc) is 2.71. The topological polar surface area (TPSA) is 97.3 Å². The van der Waals surface area contributed by atoms with Gasteiger partial charge in [-0.3, -0.25) is 9.59 Å². The second kappa shape index (κ2) is 9.59. The van der Waals surface area contributed by atoms with Crippen LogP contribution in [-0.4, -0.2) is 46.5 Å². The van der Waals surface area contributed by atoms with Crippen molar-refractivity contribution in [2.75, 3.05) is 29.9 Å². The summed E-state index contributed by atoms with van der Waals surface area (Å²) >= 11 is 5.55. The number of anilines is 2. The average molecular weight is 560 g/mol. The van der Waals surface area contributed by atoms with E-state index in [1.54, 1.807) is 18.5 Å². The largest absolute Gasteiger partial charge is 0.466 e. The lowest BCUT2D eigenvalue weighted by molar-refractivity contribution is -0.148. The molecule has 2 aromatic heterocycles. The van der Waals surface area contributed by atoms with Gasteiger partial charge in [-0.15, -0.1) is 0 Å². The minimum Gasteiger partial charge on any atom is -0.466 e. The van der Waals surface area contributed by atoms with Gasteiger partial charge in [0.05, 0.1) is 24.9 Å². The Hall–Kier alpha value is -1.82. The van der Waals surface area contributed by atoms with Crippen molar-refractivity contribution < 1.29 is 14.3 Å². The summed E-state index contributed by atoms with van der Waals surface area (Å²) in [6, 6.07) is 1.73. The monoisotopic (exact) mass is 559 g/mol. The highest BCUT2D eigenvalue weighted by Crippen LogP contribution is 2.23. The van der Waals surface area contributed by atoms with Crippen LogP contribution >= 0.6 is 38.5 Å². The van der Waals surface area contributed by atoms with Crippen molar-refractivity contribution in [3.8, 4) is 0 Å². The Kier molecular flexibility index (Phi) is 7.16. The van der Waals surface area contributed by atoms with Crippen LogP contribution in [0.25, 0.3) is 0 Å². The van der Waals surface area contributed by atoms with Crippen LogP contribution in [0.2, 0.25) is 0 Å². The number of piperidine rings is 1. The highest BCUT2D eigenvalue weighted by atomic mass is 127. The fourth-order valence-electron chi connectivity index (χ4n) is 2.87. The number of nitrogens with one attached hydrogen (secondary N) is 1. The molecule has 148 valence electrons. The molecule has 10 heteroatoms. The Bertz CT molecular complexity index is 857. The second-order valence-corrected chi connectivity index (χ2v) is 8.23. The number of nitrogens with zero attached hydrogens (tertiary/aromatic N) is 4. The molecule has 3 heterocycles. The number of pyridine rings is 1. The maximum Gasteiger partial charge on any atom is 0.309 e. The van der Waals surface area contributed by atoms with E-state index >= 15 is 0 Å². The van der Waals surface area contributed by atoms with Gasteiger partial charge in [0.2, 0.25) is 0 Å². The van der Waals surface area contributed by atoms with E-state index in [1.165, 1.54) is 6.20 Å². The molecule has 0 aromatic carbocycles. The molecule has 0 aliphatic carbocycles. The molecule has 0 bridgehead atoms. The fourth-order valence-corrected chi connectivity index (χ4v) is 3.48. The predicted molar refractivity (Wildman–Crippen MR) is 116 cm³/mol. The number of carbonyl (C=O) groups is 2. The zero-order valence-electron chi connectivity index (χ0n) is 15.2. The van der Waals surface area contributed by atoms with E-state index in [2.05, 4.69) is 63.7 Å². The van der Waals surface area contributed by atoms with E-state index in [-0.39, 0.29) is 23.5 Å². The van der Waals surface area contributed by atoms with Crippen molar-refractivity contribution >= 4 is 62.0 Å². The molecule has 0 unspecified atom stereocenters. The molecule has 1 saturated heterocycles. The van der Waals surface area contributed by atoms with Crippen LogP contribution in [0.15, 0.2) is 29.1 Å². The summed E-state index contributed by atoms with van der Waals surface area (Å²) in [7, 11) is 0. The van der Waals surface area contributed by atoms with Gasteiger partial charge in [-0.1, -0.05) is 0 Å². The second-order valence-electron chi connectivity index (χ2n) is 6.21. The van der Waals surface area contributed by atoms with Crippen LogP contribution in [-0.2, 0) is 9.53 Å². The molecule has 1 aliphatic rings. The highest BCUT2D eigenvalue weighted by molar-refractivity contribution is 14.1. The smallest absolute Gasteiger partial charge is 0.309 e. The van der Waals surface area contributed by atoms with Crippen LogP contribution in [0.4, 0.5) is 11.6 Å². The molecule has 1 aliphatic heterocycles. The van der Waals surface area contributed by atoms with Gasteiger partial charge in [0.25, 0.3) is 5.91 Å². The highest BCUT2D eigenvalue weighted by Gasteiger charge is 2.26. The molecular formula is C18H19BrIN5O3. The van der Waals surface area contributed by atoms with Crippen LogP contribution in [0, 0.1) is 9.49 Å². The van der Waals surface area contributed by atoms with Gasteiger partial charge in [-0.2, -0.15) is 0 Å². The van der Waals surface area contributed by atoms with Crippen molar-refractivity contribution in [1.82, 2.24) is 15.0 Å². The minimum absolute atomic E-state index is 0.0602. The molecule has 0 spiro atoms. The van der Waals surface area contributed by atoms with Gasteiger partial charge >= 0.3 is 5.97 Å². The first kappa shape index (κ1) is 20.9. The SMILES string of the molecule is CCOC(=O)C1CCN(c2cnc(C(=O)Nc3cc(Br)c(I)cn3)cn2)CC1. The Morgan fingerprint density at radius 3 is 2.61 bits per heavy atom. The van der Waals surface area contributed by atoms with Gasteiger partial charge in [0, 0.05) is 27.3 Å². The van der Waals surface area contributed by atoms with Gasteiger partial charge in [0.15, 0.2) is 0 Å². The molecule has 3 rings (SSSR count). The lowest BCUT2D eigenvalue weighted by atomic mass is 9.97. The summed E-state index contributed by atoms with van der Waals surface area (Å²) in [6.07, 6.45) is 6.13. The summed E-state index contributed by atoms with van der Waals surface area (Å²) in [5, 5.41) is 2.70. The first-order chi connectivity index (χ1) is 13.5. The van der Waals surface area contributed by atoms with E-state index in [1.807, 2.05) is 6.92 Å². The van der Waals surface area contributed by atoms with Crippen LogP contribution in [0.1, 0.15) is 30.3 Å². The number of carbonyl (C=O) groups excluding carboxylic acids is 2. The van der Waals surface area contributed by atoms with Gasteiger partial charge in [-0.05, 0) is 64.4 Å². The number of amides is 1. The summed E-state index contributed by atoms with van der Waals surface area (Å²) in [5.74, 6) is 0.560. The Morgan fingerprint density at radius 1 is 1.25 bits per heavy atom. The Morgan fingerprint density at radius 2 is 2.00 bits per heavy atom. The molecule has 1 N–H and O–H groups in total. The summed E-state index contributed by atoms with van der Waals surface area (Å²) in [6.45, 7) is 3.62. The lowest BCUT2D eigenvalue weighted by Crippen LogP contribution is -2.37. The molecule has 1 fully saturated rings. The molecule has 0 atom stereocenters. The molecule has 0 radical (unpaired) electrons. The van der Waals surface area contributed by atoms with E-state index in [4.69, 9.17) is 4.74 Å². The van der Waals surface area contributed by atoms with E-state index in [0.29, 0.717) is 31.3 Å². The van der Waals surface area contributed by atoms with E-state index in [9.17, 15) is 9.59 Å². The van der Waals surface area contributed by atoms with Gasteiger partial charge in [0.1, 0.15) is 17.3 Å². The predicted octanol–water partition coefficient (Wildman–Crippen LogP) is 3.27. The number of hydrogen-bond acceptors (Lipinski definition) is 7. The van der Waals surface area contributed by atoms with Crippen molar-refractivity contribution in [3.05, 3.63) is 38.4 Å². The van der Waals surface area contributed by atoms with Gasteiger partial charge in [-0.25, -0.2) is 15.0 Å². The maximum atomic E-state index is 12.3. The number of esters is 1. The van der Waals surface area contributed by atoms with Gasteiger partial charge < -0.3 is 15.0 Å². The number of hydrogen-bond donors (Lipinski definition) is 1. The van der Waals surface area contributed by atoms with Crippen molar-refractivity contribution in [2.24, 2.45) is 5.92 Å². The molecule has 0 saturated carbocycles. The minimum atomic E-state index is -0.374. The van der Waals surface area contributed by atoms with Crippen molar-refractivity contribution in [3.63, 3.8) is 0 Å². The van der Waals surface area contributed by atoms with Crippen LogP contribution in [0.5, 0.6) is 0 Å². The molecule has 1 amide bonds. The summed E-state index contributed by atoms with van der Waals surface area (Å²) in [4.78, 5) is 39.0. The third-order valence-electron chi connectivity index (χ3n) is 4.36. The lowest BCUT2D eigenvalue weighted by Gasteiger charge is -2.31. The number of halogens is 2. The third kappa shape index (κ3) is 5.16. The number of rotatable bonds is 5. The zero-order valence-corrected chi connectivity index (χ0v) is 18.9.